The summed E-state index contributed by atoms with van der Waals surface area (Å²) in [6.45, 7) is 6.20. The smallest absolute Gasteiger partial charge is 0.320 e. The van der Waals surface area contributed by atoms with Gasteiger partial charge in [-0.2, -0.15) is 18.3 Å². The number of hydrogen-bond acceptors (Lipinski definition) is 7. The number of nitro benzene ring substituents is 2. The van der Waals surface area contributed by atoms with E-state index in [9.17, 15) is 38.2 Å². The third-order valence-corrected chi connectivity index (χ3v) is 4.72. The number of fused-ring (bicyclic) bond motifs is 1. The Kier molecular flexibility index (Phi) is 5.56. The SMILES string of the molecule is Cc1c([N+](=O)[O-])cc(NC(=O)c2cc3nc(C(C)(C)C)cc(C(F)(F)F)n3n2)cc1[N+](=O)[O-]. The molecule has 1 aromatic carbocycles. The Morgan fingerprint density at radius 1 is 1.03 bits per heavy atom. The van der Waals surface area contributed by atoms with Crippen LogP contribution < -0.4 is 5.32 Å². The summed E-state index contributed by atoms with van der Waals surface area (Å²) in [5.41, 5.74) is -4.17. The van der Waals surface area contributed by atoms with Gasteiger partial charge in [0.1, 0.15) is 11.3 Å². The van der Waals surface area contributed by atoms with E-state index >= 15 is 0 Å². The van der Waals surface area contributed by atoms with E-state index in [1.165, 1.54) is 6.92 Å². The van der Waals surface area contributed by atoms with E-state index in [0.29, 0.717) is 4.52 Å². The highest BCUT2D eigenvalue weighted by Gasteiger charge is 2.36. The highest BCUT2D eigenvalue weighted by atomic mass is 19.4. The molecule has 33 heavy (non-hydrogen) atoms. The van der Waals surface area contributed by atoms with Gasteiger partial charge in [-0.15, -0.1) is 0 Å². The fourth-order valence-corrected chi connectivity index (χ4v) is 3.00. The van der Waals surface area contributed by atoms with Crippen LogP contribution in [-0.2, 0) is 11.6 Å². The molecular weight excluding hydrogens is 449 g/mol. The quantitative estimate of drug-likeness (QED) is 0.442. The van der Waals surface area contributed by atoms with Crippen LogP contribution in [-0.4, -0.2) is 30.4 Å². The Hall–Kier alpha value is -4.10. The summed E-state index contributed by atoms with van der Waals surface area (Å²) in [5.74, 6) is -1.03. The monoisotopic (exact) mass is 466 g/mol. The summed E-state index contributed by atoms with van der Waals surface area (Å²) in [7, 11) is 0. The average Bonchev–Trinajstić information content (AvgIpc) is 3.10. The molecular formula is C19H17F3N6O5. The maximum Gasteiger partial charge on any atom is 0.433 e. The molecule has 0 aliphatic heterocycles. The minimum atomic E-state index is -4.79. The van der Waals surface area contributed by atoms with Crippen LogP contribution in [0.2, 0.25) is 0 Å². The third kappa shape index (κ3) is 4.58. The van der Waals surface area contributed by atoms with Gasteiger partial charge in [0.25, 0.3) is 17.3 Å². The van der Waals surface area contributed by atoms with Crippen molar-refractivity contribution in [1.29, 1.82) is 0 Å². The maximum atomic E-state index is 13.6. The van der Waals surface area contributed by atoms with Crippen LogP contribution in [0.5, 0.6) is 0 Å². The van der Waals surface area contributed by atoms with Crippen molar-refractivity contribution in [3.8, 4) is 0 Å². The van der Waals surface area contributed by atoms with Crippen molar-refractivity contribution >= 4 is 28.6 Å². The molecule has 1 amide bonds. The number of aromatic nitrogens is 3. The van der Waals surface area contributed by atoms with E-state index in [1.54, 1.807) is 20.8 Å². The number of nitro groups is 2. The molecule has 174 valence electrons. The molecule has 14 heteroatoms. The van der Waals surface area contributed by atoms with Crippen molar-refractivity contribution in [2.24, 2.45) is 0 Å². The summed E-state index contributed by atoms with van der Waals surface area (Å²) in [5, 5.41) is 28.3. The second kappa shape index (κ2) is 7.79. The Morgan fingerprint density at radius 3 is 2.03 bits per heavy atom. The lowest BCUT2D eigenvalue weighted by molar-refractivity contribution is -0.395. The van der Waals surface area contributed by atoms with Gasteiger partial charge in [0.15, 0.2) is 11.3 Å². The lowest BCUT2D eigenvalue weighted by atomic mass is 9.91. The molecule has 0 fully saturated rings. The van der Waals surface area contributed by atoms with Crippen LogP contribution in [0.25, 0.3) is 5.65 Å². The topological polar surface area (TPSA) is 146 Å². The molecule has 0 spiro atoms. The van der Waals surface area contributed by atoms with Gasteiger partial charge in [-0.25, -0.2) is 9.50 Å². The van der Waals surface area contributed by atoms with Gasteiger partial charge in [-0.1, -0.05) is 20.8 Å². The fourth-order valence-electron chi connectivity index (χ4n) is 3.00. The first-order valence-electron chi connectivity index (χ1n) is 9.33. The molecule has 0 aliphatic rings. The number of halogens is 3. The van der Waals surface area contributed by atoms with Crippen LogP contribution in [0.3, 0.4) is 0 Å². The molecule has 0 bridgehead atoms. The highest BCUT2D eigenvalue weighted by molar-refractivity contribution is 6.04. The van der Waals surface area contributed by atoms with Gasteiger partial charge in [-0.05, 0) is 13.0 Å². The van der Waals surface area contributed by atoms with Crippen molar-refractivity contribution in [3.05, 3.63) is 67.1 Å². The zero-order chi connectivity index (χ0) is 24.9. The summed E-state index contributed by atoms with van der Waals surface area (Å²) >= 11 is 0. The number of nitrogens with zero attached hydrogens (tertiary/aromatic N) is 5. The van der Waals surface area contributed by atoms with Crippen molar-refractivity contribution in [3.63, 3.8) is 0 Å². The molecule has 0 saturated heterocycles. The number of carbonyl (C=O) groups is 1. The molecule has 11 nitrogen and oxygen atoms in total. The van der Waals surface area contributed by atoms with Crippen LogP contribution >= 0.6 is 0 Å². The molecule has 0 radical (unpaired) electrons. The molecule has 1 N–H and O–H groups in total. The van der Waals surface area contributed by atoms with Crippen LogP contribution in [0.1, 0.15) is 48.2 Å². The first kappa shape index (κ1) is 23.6. The van der Waals surface area contributed by atoms with Crippen LogP contribution in [0.4, 0.5) is 30.2 Å². The van der Waals surface area contributed by atoms with Gasteiger partial charge in [0, 0.05) is 23.6 Å². The molecule has 3 rings (SSSR count). The normalized spacial score (nSPS) is 12.1. The average molecular weight is 466 g/mol. The molecule has 0 aliphatic carbocycles. The number of rotatable bonds is 4. The van der Waals surface area contributed by atoms with Gasteiger partial charge in [0.2, 0.25) is 0 Å². The standard InChI is InChI=1S/C19H17F3N6O5/c1-9-12(27(30)31)5-10(6-13(9)28(32)33)23-17(29)11-7-16-24-14(18(2,3)4)8-15(19(20,21)22)26(16)25-11/h5-8H,1-4H3,(H,23,29). The number of nitrogens with one attached hydrogen (secondary N) is 1. The minimum Gasteiger partial charge on any atom is -0.320 e. The zero-order valence-electron chi connectivity index (χ0n) is 17.7. The van der Waals surface area contributed by atoms with E-state index in [4.69, 9.17) is 0 Å². The van der Waals surface area contributed by atoms with Crippen molar-refractivity contribution in [2.45, 2.75) is 39.3 Å². The number of anilines is 1. The summed E-state index contributed by atoms with van der Waals surface area (Å²) in [6, 6.07) is 3.69. The Bertz CT molecular complexity index is 1270. The second-order valence-corrected chi connectivity index (χ2v) is 8.18. The highest BCUT2D eigenvalue weighted by Crippen LogP contribution is 2.34. The molecule has 2 aromatic heterocycles. The molecule has 3 aromatic rings. The van der Waals surface area contributed by atoms with Gasteiger partial charge in [-0.3, -0.25) is 25.0 Å². The van der Waals surface area contributed by atoms with Crippen LogP contribution in [0, 0.1) is 27.2 Å². The van der Waals surface area contributed by atoms with Crippen molar-refractivity contribution in [1.82, 2.24) is 14.6 Å². The minimum absolute atomic E-state index is 0.124. The Morgan fingerprint density at radius 2 is 1.58 bits per heavy atom. The summed E-state index contributed by atoms with van der Waals surface area (Å²) in [4.78, 5) is 37.5. The Labute approximate surface area is 183 Å². The summed E-state index contributed by atoms with van der Waals surface area (Å²) < 4.78 is 41.3. The van der Waals surface area contributed by atoms with E-state index in [-0.39, 0.29) is 22.6 Å². The fraction of sp³-hybridized carbons (Fsp3) is 0.316. The van der Waals surface area contributed by atoms with E-state index in [2.05, 4.69) is 15.4 Å². The predicted molar refractivity (Wildman–Crippen MR) is 109 cm³/mol. The lowest BCUT2D eigenvalue weighted by Crippen LogP contribution is -2.20. The number of benzene rings is 1. The first-order valence-corrected chi connectivity index (χ1v) is 9.33. The van der Waals surface area contributed by atoms with E-state index in [1.807, 2.05) is 0 Å². The summed E-state index contributed by atoms with van der Waals surface area (Å²) in [6.07, 6.45) is -4.79. The van der Waals surface area contributed by atoms with Crippen LogP contribution in [0.15, 0.2) is 24.3 Å². The van der Waals surface area contributed by atoms with Gasteiger partial charge < -0.3 is 5.32 Å². The molecule has 2 heterocycles. The second-order valence-electron chi connectivity index (χ2n) is 8.18. The largest absolute Gasteiger partial charge is 0.433 e. The lowest BCUT2D eigenvalue weighted by Gasteiger charge is -2.19. The molecule has 0 unspecified atom stereocenters. The van der Waals surface area contributed by atoms with Gasteiger partial charge >= 0.3 is 6.18 Å². The van der Waals surface area contributed by atoms with E-state index in [0.717, 1.165) is 24.3 Å². The Balaban J connectivity index is 2.09. The van der Waals surface area contributed by atoms with Gasteiger partial charge in [0.05, 0.1) is 21.2 Å². The first-order chi connectivity index (χ1) is 15.1. The number of alkyl halides is 3. The third-order valence-electron chi connectivity index (χ3n) is 4.72. The van der Waals surface area contributed by atoms with E-state index < -0.39 is 50.1 Å². The molecule has 0 saturated carbocycles. The number of hydrogen-bond donors (Lipinski definition) is 1. The van der Waals surface area contributed by atoms with Crippen molar-refractivity contribution < 1.29 is 27.8 Å². The molecule has 0 atom stereocenters. The zero-order valence-corrected chi connectivity index (χ0v) is 17.7. The number of amides is 1. The van der Waals surface area contributed by atoms with Crippen molar-refractivity contribution in [2.75, 3.05) is 5.32 Å². The number of carbonyl (C=O) groups excluding carboxylic acids is 1. The predicted octanol–water partition coefficient (Wildman–Crippen LogP) is 4.42. The maximum absolute atomic E-state index is 13.6.